The van der Waals surface area contributed by atoms with Gasteiger partial charge in [0, 0.05) is 12.0 Å². The van der Waals surface area contributed by atoms with Crippen LogP contribution in [0.5, 0.6) is 0 Å². The van der Waals surface area contributed by atoms with E-state index >= 15 is 0 Å². The molecule has 1 saturated heterocycles. The molecule has 0 saturated carbocycles. The minimum absolute atomic E-state index is 0.136. The number of carbonyl (C=O) groups is 1. The lowest BCUT2D eigenvalue weighted by molar-refractivity contribution is -0.141. The van der Waals surface area contributed by atoms with Gasteiger partial charge in [-0.15, -0.1) is 0 Å². The molecule has 80 valence electrons. The summed E-state index contributed by atoms with van der Waals surface area (Å²) in [6.45, 7) is 7.96. The van der Waals surface area contributed by atoms with Crippen molar-refractivity contribution in [2.24, 2.45) is 0 Å². The van der Waals surface area contributed by atoms with E-state index in [0.717, 1.165) is 0 Å². The molecule has 0 N–H and O–H groups in total. The fraction of sp³-hybridized carbons (Fsp3) is 0.700. The highest BCUT2D eigenvalue weighted by Gasteiger charge is 2.22. The molecule has 0 amide bonds. The van der Waals surface area contributed by atoms with Crippen molar-refractivity contribution in [1.82, 2.24) is 0 Å². The van der Waals surface area contributed by atoms with Gasteiger partial charge >= 0.3 is 5.97 Å². The quantitative estimate of drug-likeness (QED) is 0.506. The van der Waals surface area contributed by atoms with Crippen molar-refractivity contribution in [3.63, 3.8) is 0 Å². The molecule has 0 aromatic rings. The predicted octanol–water partition coefficient (Wildman–Crippen LogP) is 1.26. The summed E-state index contributed by atoms with van der Waals surface area (Å²) >= 11 is 0. The van der Waals surface area contributed by atoms with Gasteiger partial charge in [-0.1, -0.05) is 6.58 Å². The minimum atomic E-state index is -0.365. The fourth-order valence-corrected chi connectivity index (χ4v) is 1.10. The average Bonchev–Trinajstić information content (AvgIpc) is 2.51. The maximum atomic E-state index is 11.0. The van der Waals surface area contributed by atoms with Crippen LogP contribution in [0.25, 0.3) is 0 Å². The first kappa shape index (κ1) is 11.2. The van der Waals surface area contributed by atoms with E-state index in [2.05, 4.69) is 6.58 Å². The number of esters is 1. The van der Waals surface area contributed by atoms with Crippen molar-refractivity contribution in [1.29, 1.82) is 0 Å². The average molecular weight is 200 g/mol. The van der Waals surface area contributed by atoms with Crippen LogP contribution >= 0.6 is 0 Å². The minimum Gasteiger partial charge on any atom is -0.462 e. The van der Waals surface area contributed by atoms with E-state index in [9.17, 15) is 4.79 Å². The lowest BCUT2D eigenvalue weighted by atomic mass is 10.3. The van der Waals surface area contributed by atoms with Crippen LogP contribution in [0.4, 0.5) is 0 Å². The van der Waals surface area contributed by atoms with Crippen LogP contribution in [-0.4, -0.2) is 31.6 Å². The summed E-state index contributed by atoms with van der Waals surface area (Å²) in [7, 11) is 0. The van der Waals surface area contributed by atoms with Crippen LogP contribution in [0.15, 0.2) is 12.2 Å². The number of hydrogen-bond acceptors (Lipinski definition) is 4. The van der Waals surface area contributed by atoms with Gasteiger partial charge in [-0.3, -0.25) is 0 Å². The summed E-state index contributed by atoms with van der Waals surface area (Å²) in [5.74, 6) is -0.365. The lowest BCUT2D eigenvalue weighted by Gasteiger charge is -2.09. The third-order valence-electron chi connectivity index (χ3n) is 1.84. The van der Waals surface area contributed by atoms with Gasteiger partial charge in [0.25, 0.3) is 0 Å². The van der Waals surface area contributed by atoms with Crippen molar-refractivity contribution in [3.05, 3.63) is 12.2 Å². The van der Waals surface area contributed by atoms with Crippen LogP contribution in [0.1, 0.15) is 20.3 Å². The molecule has 2 atom stereocenters. The van der Waals surface area contributed by atoms with E-state index in [-0.39, 0.29) is 18.4 Å². The molecule has 1 fully saturated rings. The maximum absolute atomic E-state index is 11.0. The third kappa shape index (κ3) is 3.47. The number of rotatable bonds is 4. The Kier molecular flexibility index (Phi) is 4.10. The van der Waals surface area contributed by atoms with Crippen LogP contribution in [-0.2, 0) is 19.0 Å². The normalized spacial score (nSPS) is 26.1. The number of ether oxygens (including phenoxy) is 3. The van der Waals surface area contributed by atoms with Gasteiger partial charge in [0.15, 0.2) is 6.29 Å². The van der Waals surface area contributed by atoms with Crippen molar-refractivity contribution in [3.8, 4) is 0 Å². The maximum Gasteiger partial charge on any atom is 0.333 e. The molecule has 14 heavy (non-hydrogen) atoms. The lowest BCUT2D eigenvalue weighted by Crippen LogP contribution is -2.15. The van der Waals surface area contributed by atoms with E-state index < -0.39 is 0 Å². The van der Waals surface area contributed by atoms with Crippen LogP contribution < -0.4 is 0 Å². The molecule has 1 aliphatic rings. The van der Waals surface area contributed by atoms with Gasteiger partial charge in [0.2, 0.25) is 0 Å². The van der Waals surface area contributed by atoms with E-state index in [1.165, 1.54) is 0 Å². The Balaban J connectivity index is 2.10. The summed E-state index contributed by atoms with van der Waals surface area (Å²) in [4.78, 5) is 11.0. The Morgan fingerprint density at radius 2 is 2.36 bits per heavy atom. The second-order valence-corrected chi connectivity index (χ2v) is 3.41. The van der Waals surface area contributed by atoms with Crippen LogP contribution in [0, 0.1) is 0 Å². The van der Waals surface area contributed by atoms with Gasteiger partial charge in [-0.05, 0) is 13.8 Å². The van der Waals surface area contributed by atoms with E-state index in [4.69, 9.17) is 14.2 Å². The molecule has 0 aromatic heterocycles. The van der Waals surface area contributed by atoms with Crippen LogP contribution in [0.2, 0.25) is 0 Å². The third-order valence-corrected chi connectivity index (χ3v) is 1.84. The standard InChI is InChI=1S/C10H16O4/c1-7(2)10(11)12-5-4-9-13-6-8(3)14-9/h8-9H,1,4-6H2,2-3H3. The fourth-order valence-electron chi connectivity index (χ4n) is 1.10. The molecule has 0 aliphatic carbocycles. The Bertz CT molecular complexity index is 224. The highest BCUT2D eigenvalue weighted by molar-refractivity contribution is 5.86. The topological polar surface area (TPSA) is 44.8 Å². The summed E-state index contributed by atoms with van der Waals surface area (Å²) in [6, 6.07) is 0. The second-order valence-electron chi connectivity index (χ2n) is 3.41. The molecule has 0 bridgehead atoms. The van der Waals surface area contributed by atoms with E-state index in [0.29, 0.717) is 25.2 Å². The Labute approximate surface area is 83.8 Å². The molecule has 1 aliphatic heterocycles. The zero-order valence-corrected chi connectivity index (χ0v) is 8.62. The molecule has 1 rings (SSSR count). The van der Waals surface area contributed by atoms with Crippen molar-refractivity contribution in [2.45, 2.75) is 32.7 Å². The van der Waals surface area contributed by atoms with Gasteiger partial charge in [0.05, 0.1) is 19.3 Å². The molecule has 4 nitrogen and oxygen atoms in total. The molecule has 2 unspecified atom stereocenters. The Hall–Kier alpha value is -0.870. The largest absolute Gasteiger partial charge is 0.462 e. The van der Waals surface area contributed by atoms with Crippen molar-refractivity contribution < 1.29 is 19.0 Å². The Morgan fingerprint density at radius 3 is 2.86 bits per heavy atom. The first-order valence-corrected chi connectivity index (χ1v) is 4.69. The molecule has 0 radical (unpaired) electrons. The first-order valence-electron chi connectivity index (χ1n) is 4.69. The summed E-state index contributed by atoms with van der Waals surface area (Å²) in [6.07, 6.45) is 0.475. The van der Waals surface area contributed by atoms with Crippen LogP contribution in [0.3, 0.4) is 0 Å². The Morgan fingerprint density at radius 1 is 1.64 bits per heavy atom. The zero-order chi connectivity index (χ0) is 10.6. The zero-order valence-electron chi connectivity index (χ0n) is 8.62. The first-order chi connectivity index (χ1) is 6.59. The summed E-state index contributed by atoms with van der Waals surface area (Å²) in [5, 5.41) is 0. The van der Waals surface area contributed by atoms with E-state index in [1.807, 2.05) is 6.92 Å². The predicted molar refractivity (Wildman–Crippen MR) is 50.7 cm³/mol. The van der Waals surface area contributed by atoms with Gasteiger partial charge in [0.1, 0.15) is 0 Å². The van der Waals surface area contributed by atoms with Crippen molar-refractivity contribution in [2.75, 3.05) is 13.2 Å². The molecule has 0 aromatic carbocycles. The highest BCUT2D eigenvalue weighted by atomic mass is 16.7. The van der Waals surface area contributed by atoms with Gasteiger partial charge < -0.3 is 14.2 Å². The molecule has 0 spiro atoms. The summed E-state index contributed by atoms with van der Waals surface area (Å²) < 4.78 is 15.5. The molecule has 4 heteroatoms. The molecule has 1 heterocycles. The summed E-state index contributed by atoms with van der Waals surface area (Å²) in [5.41, 5.74) is 0.409. The van der Waals surface area contributed by atoms with Crippen molar-refractivity contribution >= 4 is 5.97 Å². The van der Waals surface area contributed by atoms with Gasteiger partial charge in [-0.2, -0.15) is 0 Å². The SMILES string of the molecule is C=C(C)C(=O)OCCC1OCC(C)O1. The number of carbonyl (C=O) groups excluding carboxylic acids is 1. The molecular formula is C10H16O4. The number of hydrogen-bond donors (Lipinski definition) is 0. The molecular weight excluding hydrogens is 184 g/mol. The monoisotopic (exact) mass is 200 g/mol. The second kappa shape index (κ2) is 5.12. The van der Waals surface area contributed by atoms with Gasteiger partial charge in [-0.25, -0.2) is 4.79 Å². The highest BCUT2D eigenvalue weighted by Crippen LogP contribution is 2.13. The van der Waals surface area contributed by atoms with E-state index in [1.54, 1.807) is 6.92 Å². The smallest absolute Gasteiger partial charge is 0.333 e.